The van der Waals surface area contributed by atoms with Gasteiger partial charge in [0, 0.05) is 49.8 Å². The molecule has 8 nitrogen and oxygen atoms in total. The van der Waals surface area contributed by atoms with Crippen molar-refractivity contribution in [2.75, 3.05) is 36.9 Å². The first kappa shape index (κ1) is 20.1. The molecule has 0 spiro atoms. The lowest BCUT2D eigenvalue weighted by atomic mass is 10.0. The van der Waals surface area contributed by atoms with E-state index in [4.69, 9.17) is 14.7 Å². The highest BCUT2D eigenvalue weighted by atomic mass is 19.1. The number of benzene rings is 1. The van der Waals surface area contributed by atoms with Gasteiger partial charge >= 0.3 is 6.01 Å². The summed E-state index contributed by atoms with van der Waals surface area (Å²) in [6.07, 6.45) is 7.47. The first-order chi connectivity index (χ1) is 16.7. The zero-order chi connectivity index (χ0) is 22.8. The quantitative estimate of drug-likeness (QED) is 0.469. The van der Waals surface area contributed by atoms with Crippen LogP contribution in [0.4, 0.5) is 15.9 Å². The molecule has 4 aliphatic rings. The largest absolute Gasteiger partial charge is 0.421 e. The van der Waals surface area contributed by atoms with Gasteiger partial charge in [-0.25, -0.2) is 14.4 Å². The molecule has 7 rings (SSSR count). The standard InChI is InChI=1S/C25H26FN7O/c1-27-19-7-15(26)6-18-17(19)8-20-22(18)24(33-11-14-4-5-28-21(14)12-33)32-25(31-20)34-16-9-29-23(30-10-16)13-2-3-13/h6-7,9-10,13-14,21,27-28H,2-5,8,11-12H2,1H3. The average Bonchev–Trinajstić information content (AvgIpc) is 3.29. The van der Waals surface area contributed by atoms with Crippen LogP contribution in [-0.4, -0.2) is 52.7 Å². The highest BCUT2D eigenvalue weighted by molar-refractivity contribution is 5.88. The Morgan fingerprint density at radius 1 is 1.12 bits per heavy atom. The minimum atomic E-state index is -0.268. The summed E-state index contributed by atoms with van der Waals surface area (Å²) in [5, 5.41) is 6.74. The highest BCUT2D eigenvalue weighted by Crippen LogP contribution is 2.46. The minimum Gasteiger partial charge on any atom is -0.421 e. The number of halogens is 1. The van der Waals surface area contributed by atoms with Crippen LogP contribution >= 0.6 is 0 Å². The van der Waals surface area contributed by atoms with Crippen LogP contribution in [0.3, 0.4) is 0 Å². The maximum atomic E-state index is 14.5. The first-order valence-electron chi connectivity index (χ1n) is 12.1. The molecule has 2 aliphatic carbocycles. The Labute approximate surface area is 197 Å². The number of rotatable bonds is 5. The summed E-state index contributed by atoms with van der Waals surface area (Å²) >= 11 is 0. The fourth-order valence-corrected chi connectivity index (χ4v) is 5.65. The number of ether oxygens (including phenoxy) is 1. The molecule has 3 fully saturated rings. The van der Waals surface area contributed by atoms with Crippen molar-refractivity contribution in [3.8, 4) is 22.9 Å². The summed E-state index contributed by atoms with van der Waals surface area (Å²) in [7, 11) is 1.82. The summed E-state index contributed by atoms with van der Waals surface area (Å²) in [6, 6.07) is 3.88. The summed E-state index contributed by atoms with van der Waals surface area (Å²) in [5.41, 5.74) is 4.46. The SMILES string of the molecule is CNc1cc(F)cc2c1Cc1nc(Oc3cnc(C4CC4)nc3)nc(N3CC4CCNC4C3)c1-2. The third-order valence-electron chi connectivity index (χ3n) is 7.50. The molecular formula is C25H26FN7O. The molecule has 2 atom stereocenters. The normalized spacial score (nSPS) is 22.5. The van der Waals surface area contributed by atoms with Gasteiger partial charge in [-0.3, -0.25) is 0 Å². The molecule has 0 amide bonds. The van der Waals surface area contributed by atoms with Gasteiger partial charge in [0.1, 0.15) is 17.5 Å². The Morgan fingerprint density at radius 3 is 2.74 bits per heavy atom. The summed E-state index contributed by atoms with van der Waals surface area (Å²) < 4.78 is 20.6. The molecule has 1 saturated carbocycles. The molecule has 0 bridgehead atoms. The van der Waals surface area contributed by atoms with Gasteiger partial charge in [0.05, 0.1) is 18.1 Å². The predicted molar refractivity (Wildman–Crippen MR) is 126 cm³/mol. The molecular weight excluding hydrogens is 433 g/mol. The second kappa shape index (κ2) is 7.59. The van der Waals surface area contributed by atoms with Crippen molar-refractivity contribution in [2.45, 2.75) is 37.6 Å². The van der Waals surface area contributed by atoms with Gasteiger partial charge in [-0.05, 0) is 55.0 Å². The Balaban J connectivity index is 1.29. The minimum absolute atomic E-state index is 0.268. The van der Waals surface area contributed by atoms with Gasteiger partial charge in [-0.2, -0.15) is 9.97 Å². The molecule has 2 unspecified atom stereocenters. The van der Waals surface area contributed by atoms with Gasteiger partial charge in [0.15, 0.2) is 5.75 Å². The maximum absolute atomic E-state index is 14.5. The third kappa shape index (κ3) is 3.29. The van der Waals surface area contributed by atoms with Gasteiger partial charge in [-0.15, -0.1) is 0 Å². The Hall–Kier alpha value is -3.33. The zero-order valence-electron chi connectivity index (χ0n) is 19.0. The van der Waals surface area contributed by atoms with E-state index in [9.17, 15) is 4.39 Å². The molecule has 174 valence electrons. The van der Waals surface area contributed by atoms with Crippen LogP contribution < -0.4 is 20.3 Å². The summed E-state index contributed by atoms with van der Waals surface area (Å²) in [6.45, 7) is 2.86. The molecule has 2 aromatic heterocycles. The van der Waals surface area contributed by atoms with Gasteiger partial charge < -0.3 is 20.3 Å². The average molecular weight is 460 g/mol. The molecule has 9 heteroatoms. The van der Waals surface area contributed by atoms with Crippen LogP contribution in [0, 0.1) is 11.7 Å². The van der Waals surface area contributed by atoms with E-state index in [1.165, 1.54) is 6.07 Å². The van der Waals surface area contributed by atoms with Crippen LogP contribution in [0.15, 0.2) is 24.5 Å². The molecule has 1 aromatic carbocycles. The van der Waals surface area contributed by atoms with Gasteiger partial charge in [-0.1, -0.05) is 0 Å². The van der Waals surface area contributed by atoms with Crippen molar-refractivity contribution in [2.24, 2.45) is 5.92 Å². The van der Waals surface area contributed by atoms with Crippen molar-refractivity contribution in [1.82, 2.24) is 25.3 Å². The van der Waals surface area contributed by atoms with E-state index in [0.717, 1.165) is 78.6 Å². The lowest BCUT2D eigenvalue weighted by molar-refractivity contribution is 0.435. The van der Waals surface area contributed by atoms with Crippen molar-refractivity contribution in [1.29, 1.82) is 0 Å². The van der Waals surface area contributed by atoms with Gasteiger partial charge in [0.25, 0.3) is 0 Å². The van der Waals surface area contributed by atoms with Crippen molar-refractivity contribution in [3.05, 3.63) is 47.4 Å². The van der Waals surface area contributed by atoms with Crippen LogP contribution in [0.5, 0.6) is 11.8 Å². The molecule has 2 saturated heterocycles. The number of fused-ring (bicyclic) bond motifs is 4. The summed E-state index contributed by atoms with van der Waals surface area (Å²) in [4.78, 5) is 20.8. The number of anilines is 2. The van der Waals surface area contributed by atoms with E-state index in [1.54, 1.807) is 18.5 Å². The maximum Gasteiger partial charge on any atom is 0.324 e. The fraction of sp³-hybridized carbons (Fsp3) is 0.440. The molecule has 2 aliphatic heterocycles. The first-order valence-corrected chi connectivity index (χ1v) is 12.1. The fourth-order valence-electron chi connectivity index (χ4n) is 5.65. The topological polar surface area (TPSA) is 88.1 Å². The van der Waals surface area contributed by atoms with E-state index in [1.807, 2.05) is 7.05 Å². The van der Waals surface area contributed by atoms with E-state index >= 15 is 0 Å². The molecule has 3 aromatic rings. The van der Waals surface area contributed by atoms with Crippen molar-refractivity contribution in [3.63, 3.8) is 0 Å². The monoisotopic (exact) mass is 459 g/mol. The second-order valence-electron chi connectivity index (χ2n) is 9.73. The molecule has 0 radical (unpaired) electrons. The predicted octanol–water partition coefficient (Wildman–Crippen LogP) is 3.49. The van der Waals surface area contributed by atoms with E-state index in [-0.39, 0.29) is 11.8 Å². The second-order valence-corrected chi connectivity index (χ2v) is 9.73. The molecule has 4 heterocycles. The van der Waals surface area contributed by atoms with Crippen LogP contribution in [0.2, 0.25) is 0 Å². The highest BCUT2D eigenvalue weighted by Gasteiger charge is 2.39. The molecule has 34 heavy (non-hydrogen) atoms. The lowest BCUT2D eigenvalue weighted by Crippen LogP contribution is -2.30. The number of hydrogen-bond donors (Lipinski definition) is 2. The van der Waals surface area contributed by atoms with Crippen molar-refractivity contribution >= 4 is 11.5 Å². The zero-order valence-corrected chi connectivity index (χ0v) is 19.0. The molecule has 2 N–H and O–H groups in total. The lowest BCUT2D eigenvalue weighted by Gasteiger charge is -2.22. The number of hydrogen-bond acceptors (Lipinski definition) is 8. The summed E-state index contributed by atoms with van der Waals surface area (Å²) in [5.74, 6) is 3.03. The Kier molecular flexibility index (Phi) is 4.48. The number of nitrogens with one attached hydrogen (secondary N) is 2. The Morgan fingerprint density at radius 2 is 1.97 bits per heavy atom. The Bertz CT molecular complexity index is 1270. The van der Waals surface area contributed by atoms with Gasteiger partial charge in [0.2, 0.25) is 0 Å². The third-order valence-corrected chi connectivity index (χ3v) is 7.50. The number of nitrogens with zero attached hydrogens (tertiary/aromatic N) is 5. The smallest absolute Gasteiger partial charge is 0.324 e. The van der Waals surface area contributed by atoms with Crippen LogP contribution in [0.1, 0.15) is 42.3 Å². The number of aromatic nitrogens is 4. The van der Waals surface area contributed by atoms with E-state index in [2.05, 4.69) is 25.5 Å². The van der Waals surface area contributed by atoms with Crippen LogP contribution in [0.25, 0.3) is 11.1 Å². The van der Waals surface area contributed by atoms with E-state index in [0.29, 0.717) is 30.0 Å². The van der Waals surface area contributed by atoms with E-state index < -0.39 is 0 Å². The van der Waals surface area contributed by atoms with Crippen molar-refractivity contribution < 1.29 is 9.13 Å². The van der Waals surface area contributed by atoms with Crippen LogP contribution in [-0.2, 0) is 6.42 Å².